The fraction of sp³-hybridized carbons (Fsp3) is 0.429. The Labute approximate surface area is 127 Å². The summed E-state index contributed by atoms with van der Waals surface area (Å²) in [5.41, 5.74) is 5.34. The number of rotatable bonds is 4. The standard InChI is InChI=1S/C14H18ClN3O3/c1-21-11-5-4-9(8-10(11)15)17-13(19)14(12(16)18-20)6-2-3-7-14/h4-5,8,20H,2-3,6-7H2,1H3,(H2,16,18)(H,17,19). The average Bonchev–Trinajstić information content (AvgIpc) is 2.97. The van der Waals surface area contributed by atoms with Crippen LogP contribution in [0, 0.1) is 5.41 Å². The lowest BCUT2D eigenvalue weighted by molar-refractivity contribution is -0.122. The molecule has 1 aliphatic rings. The molecule has 0 bridgehead atoms. The smallest absolute Gasteiger partial charge is 0.238 e. The lowest BCUT2D eigenvalue weighted by Crippen LogP contribution is -2.45. The highest BCUT2D eigenvalue weighted by atomic mass is 35.5. The molecule has 1 fully saturated rings. The number of hydrogen-bond donors (Lipinski definition) is 3. The molecule has 0 spiro atoms. The molecule has 1 aliphatic carbocycles. The summed E-state index contributed by atoms with van der Waals surface area (Å²) in [6, 6.07) is 4.97. The SMILES string of the molecule is COc1ccc(NC(=O)C2(C(N)=NO)CCCC2)cc1Cl. The van der Waals surface area contributed by atoms with Gasteiger partial charge in [-0.3, -0.25) is 4.79 Å². The van der Waals surface area contributed by atoms with Crippen LogP contribution in [-0.4, -0.2) is 24.1 Å². The van der Waals surface area contributed by atoms with E-state index in [-0.39, 0.29) is 11.7 Å². The van der Waals surface area contributed by atoms with Gasteiger partial charge in [0.05, 0.1) is 12.1 Å². The van der Waals surface area contributed by atoms with Crippen LogP contribution in [0.1, 0.15) is 25.7 Å². The number of ether oxygens (including phenoxy) is 1. The van der Waals surface area contributed by atoms with Gasteiger partial charge >= 0.3 is 0 Å². The number of hydrogen-bond acceptors (Lipinski definition) is 4. The molecule has 0 aromatic heterocycles. The molecule has 7 heteroatoms. The van der Waals surface area contributed by atoms with E-state index in [1.165, 1.54) is 7.11 Å². The normalized spacial score (nSPS) is 17.5. The Morgan fingerprint density at radius 2 is 2.14 bits per heavy atom. The number of carbonyl (C=O) groups is 1. The van der Waals surface area contributed by atoms with Crippen LogP contribution < -0.4 is 15.8 Å². The second-order valence-electron chi connectivity index (χ2n) is 5.08. The van der Waals surface area contributed by atoms with Crippen LogP contribution in [0.15, 0.2) is 23.4 Å². The molecular formula is C14H18ClN3O3. The molecule has 0 radical (unpaired) electrons. The molecule has 0 unspecified atom stereocenters. The maximum atomic E-state index is 12.5. The maximum absolute atomic E-state index is 12.5. The Hall–Kier alpha value is -1.95. The summed E-state index contributed by atoms with van der Waals surface area (Å²) < 4.78 is 5.06. The van der Waals surface area contributed by atoms with Gasteiger partial charge in [-0.2, -0.15) is 0 Å². The lowest BCUT2D eigenvalue weighted by Gasteiger charge is -2.26. The highest BCUT2D eigenvalue weighted by Gasteiger charge is 2.45. The topological polar surface area (TPSA) is 96.9 Å². The van der Waals surface area contributed by atoms with Crippen molar-refractivity contribution in [1.29, 1.82) is 0 Å². The number of nitrogens with one attached hydrogen (secondary N) is 1. The number of amides is 1. The fourth-order valence-corrected chi connectivity index (χ4v) is 2.93. The third kappa shape index (κ3) is 2.90. The van der Waals surface area contributed by atoms with E-state index in [9.17, 15) is 4.79 Å². The minimum atomic E-state index is -0.943. The Morgan fingerprint density at radius 3 is 2.67 bits per heavy atom. The summed E-state index contributed by atoms with van der Waals surface area (Å²) >= 11 is 6.03. The zero-order valence-electron chi connectivity index (χ0n) is 11.7. The van der Waals surface area contributed by atoms with Gasteiger partial charge in [0.25, 0.3) is 0 Å². The van der Waals surface area contributed by atoms with Gasteiger partial charge in [0.15, 0.2) is 5.84 Å². The number of nitrogens with zero attached hydrogens (tertiary/aromatic N) is 1. The van der Waals surface area contributed by atoms with E-state index in [0.717, 1.165) is 12.8 Å². The summed E-state index contributed by atoms with van der Waals surface area (Å²) in [5.74, 6) is 0.204. The van der Waals surface area contributed by atoms with Crippen molar-refractivity contribution in [3.05, 3.63) is 23.2 Å². The van der Waals surface area contributed by atoms with Crippen LogP contribution in [0.5, 0.6) is 5.75 Å². The number of oxime groups is 1. The third-order valence-electron chi connectivity index (χ3n) is 3.90. The van der Waals surface area contributed by atoms with Gasteiger partial charge < -0.3 is 21.0 Å². The van der Waals surface area contributed by atoms with E-state index in [1.807, 2.05) is 0 Å². The minimum Gasteiger partial charge on any atom is -0.495 e. The van der Waals surface area contributed by atoms with Crippen LogP contribution in [0.4, 0.5) is 5.69 Å². The van der Waals surface area contributed by atoms with Crippen molar-refractivity contribution in [2.75, 3.05) is 12.4 Å². The van der Waals surface area contributed by atoms with Crippen LogP contribution in [-0.2, 0) is 4.79 Å². The van der Waals surface area contributed by atoms with Gasteiger partial charge in [-0.05, 0) is 31.0 Å². The molecule has 1 aromatic carbocycles. The van der Waals surface area contributed by atoms with E-state index in [0.29, 0.717) is 29.3 Å². The van der Waals surface area contributed by atoms with E-state index in [1.54, 1.807) is 18.2 Å². The number of carbonyl (C=O) groups excluding carboxylic acids is 1. The van der Waals surface area contributed by atoms with Crippen molar-refractivity contribution in [3.8, 4) is 5.75 Å². The monoisotopic (exact) mass is 311 g/mol. The Kier molecular flexibility index (Phi) is 4.57. The zero-order valence-corrected chi connectivity index (χ0v) is 12.5. The molecule has 0 aliphatic heterocycles. The van der Waals surface area contributed by atoms with Crippen molar-refractivity contribution in [1.82, 2.24) is 0 Å². The van der Waals surface area contributed by atoms with Gasteiger partial charge in [0, 0.05) is 5.69 Å². The number of methoxy groups -OCH3 is 1. The second kappa shape index (κ2) is 6.22. The molecule has 1 amide bonds. The van der Waals surface area contributed by atoms with E-state index < -0.39 is 5.41 Å². The molecular weight excluding hydrogens is 294 g/mol. The molecule has 4 N–H and O–H groups in total. The average molecular weight is 312 g/mol. The summed E-state index contributed by atoms with van der Waals surface area (Å²) in [6.07, 6.45) is 2.87. The molecule has 0 heterocycles. The molecule has 0 atom stereocenters. The van der Waals surface area contributed by atoms with Gasteiger partial charge in [-0.15, -0.1) is 0 Å². The second-order valence-corrected chi connectivity index (χ2v) is 5.49. The summed E-state index contributed by atoms with van der Waals surface area (Å²) in [6.45, 7) is 0. The van der Waals surface area contributed by atoms with Crippen molar-refractivity contribution in [3.63, 3.8) is 0 Å². The Bertz CT molecular complexity index is 569. The highest BCUT2D eigenvalue weighted by Crippen LogP contribution is 2.39. The molecule has 2 rings (SSSR count). The van der Waals surface area contributed by atoms with Crippen LogP contribution in [0.2, 0.25) is 5.02 Å². The first-order valence-electron chi connectivity index (χ1n) is 6.66. The molecule has 1 saturated carbocycles. The van der Waals surface area contributed by atoms with Gasteiger partial charge in [-0.25, -0.2) is 0 Å². The number of amidine groups is 1. The molecule has 6 nitrogen and oxygen atoms in total. The lowest BCUT2D eigenvalue weighted by atomic mass is 9.83. The first-order valence-corrected chi connectivity index (χ1v) is 7.04. The number of halogens is 1. The molecule has 1 aromatic rings. The van der Waals surface area contributed by atoms with E-state index in [4.69, 9.17) is 27.3 Å². The first kappa shape index (κ1) is 15.4. The highest BCUT2D eigenvalue weighted by molar-refractivity contribution is 6.32. The van der Waals surface area contributed by atoms with Gasteiger partial charge in [0.2, 0.25) is 5.91 Å². The van der Waals surface area contributed by atoms with Crippen molar-refractivity contribution >= 4 is 29.0 Å². The van der Waals surface area contributed by atoms with Crippen LogP contribution in [0.3, 0.4) is 0 Å². The van der Waals surface area contributed by atoms with Crippen molar-refractivity contribution < 1.29 is 14.7 Å². The number of benzene rings is 1. The van der Waals surface area contributed by atoms with Crippen molar-refractivity contribution in [2.45, 2.75) is 25.7 Å². The van der Waals surface area contributed by atoms with Crippen LogP contribution >= 0.6 is 11.6 Å². The van der Waals surface area contributed by atoms with E-state index in [2.05, 4.69) is 10.5 Å². The zero-order chi connectivity index (χ0) is 15.5. The first-order chi connectivity index (χ1) is 10.0. The predicted molar refractivity (Wildman–Crippen MR) is 80.9 cm³/mol. The van der Waals surface area contributed by atoms with Crippen molar-refractivity contribution in [2.24, 2.45) is 16.3 Å². The summed E-state index contributed by atoms with van der Waals surface area (Å²) in [4.78, 5) is 12.5. The number of anilines is 1. The Morgan fingerprint density at radius 1 is 1.48 bits per heavy atom. The predicted octanol–water partition coefficient (Wildman–Crippen LogP) is 2.59. The van der Waals surface area contributed by atoms with E-state index >= 15 is 0 Å². The summed E-state index contributed by atoms with van der Waals surface area (Å²) in [5, 5.41) is 15.2. The molecule has 21 heavy (non-hydrogen) atoms. The Balaban J connectivity index is 2.22. The van der Waals surface area contributed by atoms with Gasteiger partial charge in [0.1, 0.15) is 11.2 Å². The molecule has 0 saturated heterocycles. The van der Waals surface area contributed by atoms with Gasteiger partial charge in [-0.1, -0.05) is 29.6 Å². The number of nitrogens with two attached hydrogens (primary N) is 1. The largest absolute Gasteiger partial charge is 0.495 e. The quantitative estimate of drug-likeness (QED) is 0.344. The fourth-order valence-electron chi connectivity index (χ4n) is 2.67. The van der Waals surface area contributed by atoms with Crippen LogP contribution in [0.25, 0.3) is 0 Å². The maximum Gasteiger partial charge on any atom is 0.238 e. The third-order valence-corrected chi connectivity index (χ3v) is 4.19. The summed E-state index contributed by atoms with van der Waals surface area (Å²) in [7, 11) is 1.52. The molecule has 114 valence electrons. The minimum absolute atomic E-state index is 0.0443.